The SMILES string of the molecule is Cn1nccc1C(C)(F)C1CCCN1. The molecule has 0 bridgehead atoms. The van der Waals surface area contributed by atoms with E-state index in [1.807, 2.05) is 0 Å². The minimum atomic E-state index is -1.32. The third-order valence-electron chi connectivity index (χ3n) is 3.04. The van der Waals surface area contributed by atoms with Crippen molar-refractivity contribution in [3.8, 4) is 0 Å². The first-order valence-electron chi connectivity index (χ1n) is 5.03. The van der Waals surface area contributed by atoms with Crippen molar-refractivity contribution < 1.29 is 4.39 Å². The van der Waals surface area contributed by atoms with Crippen molar-refractivity contribution >= 4 is 0 Å². The number of hydrogen-bond donors (Lipinski definition) is 1. The summed E-state index contributed by atoms with van der Waals surface area (Å²) < 4.78 is 16.1. The molecule has 1 fully saturated rings. The number of hydrogen-bond acceptors (Lipinski definition) is 2. The van der Waals surface area contributed by atoms with E-state index in [0.29, 0.717) is 5.69 Å². The monoisotopic (exact) mass is 197 g/mol. The number of halogens is 1. The second-order valence-electron chi connectivity index (χ2n) is 4.06. The van der Waals surface area contributed by atoms with Gasteiger partial charge >= 0.3 is 0 Å². The molecule has 1 aromatic heterocycles. The van der Waals surface area contributed by atoms with Crippen LogP contribution in [0.25, 0.3) is 0 Å². The zero-order chi connectivity index (χ0) is 10.2. The summed E-state index contributed by atoms with van der Waals surface area (Å²) in [5, 5.41) is 7.20. The van der Waals surface area contributed by atoms with Crippen molar-refractivity contribution in [3.05, 3.63) is 18.0 Å². The number of alkyl halides is 1. The highest BCUT2D eigenvalue weighted by atomic mass is 19.1. The topological polar surface area (TPSA) is 29.9 Å². The highest BCUT2D eigenvalue weighted by Crippen LogP contribution is 2.32. The van der Waals surface area contributed by atoms with Gasteiger partial charge in [0.05, 0.1) is 5.69 Å². The maximum absolute atomic E-state index is 14.5. The highest BCUT2D eigenvalue weighted by Gasteiger charge is 2.39. The Morgan fingerprint density at radius 3 is 3.00 bits per heavy atom. The molecule has 1 aliphatic rings. The molecule has 0 saturated carbocycles. The number of rotatable bonds is 2. The van der Waals surface area contributed by atoms with Crippen LogP contribution in [0.2, 0.25) is 0 Å². The van der Waals surface area contributed by atoms with Crippen LogP contribution in [-0.2, 0) is 12.7 Å². The molecule has 3 nitrogen and oxygen atoms in total. The Bertz CT molecular complexity index is 313. The molecule has 0 spiro atoms. The minimum Gasteiger partial charge on any atom is -0.311 e. The van der Waals surface area contributed by atoms with Gasteiger partial charge in [0.1, 0.15) is 0 Å². The molecule has 14 heavy (non-hydrogen) atoms. The van der Waals surface area contributed by atoms with Crippen molar-refractivity contribution in [2.24, 2.45) is 7.05 Å². The van der Waals surface area contributed by atoms with E-state index in [-0.39, 0.29) is 6.04 Å². The quantitative estimate of drug-likeness (QED) is 0.775. The molecule has 2 rings (SSSR count). The first-order chi connectivity index (χ1) is 6.62. The van der Waals surface area contributed by atoms with Crippen molar-refractivity contribution in [1.29, 1.82) is 0 Å². The molecule has 0 aliphatic carbocycles. The van der Waals surface area contributed by atoms with E-state index in [1.54, 1.807) is 30.9 Å². The predicted octanol–water partition coefficient (Wildman–Crippen LogP) is 1.36. The molecule has 1 aliphatic heterocycles. The lowest BCUT2D eigenvalue weighted by Crippen LogP contribution is -2.40. The molecular weight excluding hydrogens is 181 g/mol. The number of aromatic nitrogens is 2. The summed E-state index contributed by atoms with van der Waals surface area (Å²) in [7, 11) is 1.78. The molecule has 2 unspecified atom stereocenters. The second-order valence-corrected chi connectivity index (χ2v) is 4.06. The van der Waals surface area contributed by atoms with E-state index in [4.69, 9.17) is 0 Å². The Labute approximate surface area is 83.3 Å². The zero-order valence-corrected chi connectivity index (χ0v) is 8.63. The molecule has 0 radical (unpaired) electrons. The summed E-state index contributed by atoms with van der Waals surface area (Å²) in [5.74, 6) is 0. The first kappa shape index (κ1) is 9.65. The Balaban J connectivity index is 2.26. The lowest BCUT2D eigenvalue weighted by molar-refractivity contribution is 0.126. The smallest absolute Gasteiger partial charge is 0.164 e. The van der Waals surface area contributed by atoms with E-state index in [1.165, 1.54) is 0 Å². The number of aryl methyl sites for hydroxylation is 1. The summed E-state index contributed by atoms with van der Waals surface area (Å²) in [6.45, 7) is 2.55. The summed E-state index contributed by atoms with van der Waals surface area (Å²) in [4.78, 5) is 0. The van der Waals surface area contributed by atoms with Crippen molar-refractivity contribution in [2.45, 2.75) is 31.5 Å². The molecule has 1 saturated heterocycles. The van der Waals surface area contributed by atoms with Crippen LogP contribution < -0.4 is 5.32 Å². The Morgan fingerprint density at radius 1 is 1.71 bits per heavy atom. The van der Waals surface area contributed by atoms with Gasteiger partial charge in [0.25, 0.3) is 0 Å². The maximum atomic E-state index is 14.5. The molecule has 0 amide bonds. The van der Waals surface area contributed by atoms with Gasteiger partial charge in [0.2, 0.25) is 0 Å². The van der Waals surface area contributed by atoms with Crippen LogP contribution in [-0.4, -0.2) is 22.4 Å². The molecule has 78 valence electrons. The predicted molar refractivity (Wildman–Crippen MR) is 52.7 cm³/mol. The van der Waals surface area contributed by atoms with Gasteiger partial charge in [-0.05, 0) is 32.4 Å². The van der Waals surface area contributed by atoms with Gasteiger partial charge in [-0.25, -0.2) is 4.39 Å². The molecule has 1 N–H and O–H groups in total. The standard InChI is InChI=1S/C10H16FN3/c1-10(11,8-4-3-6-12-8)9-5-7-13-14(9)2/h5,7-8,12H,3-4,6H2,1-2H3. The van der Waals surface area contributed by atoms with E-state index >= 15 is 0 Å². The Kier molecular flexibility index (Phi) is 2.31. The summed E-state index contributed by atoms with van der Waals surface area (Å²) in [5.41, 5.74) is -0.668. The van der Waals surface area contributed by atoms with Gasteiger partial charge in [-0.15, -0.1) is 0 Å². The summed E-state index contributed by atoms with van der Waals surface area (Å²) in [6.07, 6.45) is 3.60. The molecule has 2 atom stereocenters. The highest BCUT2D eigenvalue weighted by molar-refractivity contribution is 5.15. The van der Waals surface area contributed by atoms with Crippen molar-refractivity contribution in [3.63, 3.8) is 0 Å². The Morgan fingerprint density at radius 2 is 2.50 bits per heavy atom. The van der Waals surface area contributed by atoms with E-state index in [9.17, 15) is 4.39 Å². The largest absolute Gasteiger partial charge is 0.311 e. The molecule has 2 heterocycles. The minimum absolute atomic E-state index is 0.0714. The molecular formula is C10H16FN3. The fourth-order valence-corrected chi connectivity index (χ4v) is 2.18. The van der Waals surface area contributed by atoms with Crippen LogP contribution in [0, 0.1) is 0 Å². The molecule has 1 aromatic rings. The lowest BCUT2D eigenvalue weighted by atomic mass is 9.93. The fraction of sp³-hybridized carbons (Fsp3) is 0.700. The summed E-state index contributed by atoms with van der Waals surface area (Å²) in [6, 6.07) is 1.68. The van der Waals surface area contributed by atoms with Gasteiger partial charge in [-0.2, -0.15) is 5.10 Å². The van der Waals surface area contributed by atoms with Crippen LogP contribution in [0.4, 0.5) is 4.39 Å². The van der Waals surface area contributed by atoms with Crippen LogP contribution in [0.1, 0.15) is 25.5 Å². The van der Waals surface area contributed by atoms with E-state index in [2.05, 4.69) is 10.4 Å². The average Bonchev–Trinajstić information content (AvgIpc) is 2.72. The van der Waals surface area contributed by atoms with Crippen LogP contribution in [0.3, 0.4) is 0 Å². The third kappa shape index (κ3) is 1.43. The fourth-order valence-electron chi connectivity index (χ4n) is 2.18. The number of nitrogens with zero attached hydrogens (tertiary/aromatic N) is 2. The second kappa shape index (κ2) is 3.35. The van der Waals surface area contributed by atoms with Gasteiger partial charge in [0.15, 0.2) is 5.67 Å². The third-order valence-corrected chi connectivity index (χ3v) is 3.04. The maximum Gasteiger partial charge on any atom is 0.164 e. The van der Waals surface area contributed by atoms with E-state index < -0.39 is 5.67 Å². The van der Waals surface area contributed by atoms with Crippen molar-refractivity contribution in [2.75, 3.05) is 6.54 Å². The van der Waals surface area contributed by atoms with Crippen LogP contribution in [0.15, 0.2) is 12.3 Å². The number of nitrogens with one attached hydrogen (secondary N) is 1. The normalized spacial score (nSPS) is 26.4. The average molecular weight is 197 g/mol. The van der Waals surface area contributed by atoms with Crippen molar-refractivity contribution in [1.82, 2.24) is 15.1 Å². The van der Waals surface area contributed by atoms with Gasteiger partial charge < -0.3 is 5.32 Å². The van der Waals surface area contributed by atoms with Gasteiger partial charge in [-0.1, -0.05) is 0 Å². The Hall–Kier alpha value is -0.900. The van der Waals surface area contributed by atoms with E-state index in [0.717, 1.165) is 19.4 Å². The van der Waals surface area contributed by atoms with Crippen LogP contribution in [0.5, 0.6) is 0 Å². The molecule has 4 heteroatoms. The zero-order valence-electron chi connectivity index (χ0n) is 8.63. The van der Waals surface area contributed by atoms with Gasteiger partial charge in [0, 0.05) is 19.3 Å². The van der Waals surface area contributed by atoms with Crippen LogP contribution >= 0.6 is 0 Å². The molecule has 0 aromatic carbocycles. The summed E-state index contributed by atoms with van der Waals surface area (Å²) >= 11 is 0. The first-order valence-corrected chi connectivity index (χ1v) is 5.03. The lowest BCUT2D eigenvalue weighted by Gasteiger charge is -2.27. The van der Waals surface area contributed by atoms with Gasteiger partial charge in [-0.3, -0.25) is 4.68 Å².